The van der Waals surface area contributed by atoms with Gasteiger partial charge in [0.15, 0.2) is 0 Å². The topological polar surface area (TPSA) is 88.4 Å². The first-order valence-electron chi connectivity index (χ1n) is 10.4. The zero-order valence-electron chi connectivity index (χ0n) is 17.3. The summed E-state index contributed by atoms with van der Waals surface area (Å²) in [5.74, 6) is -0.286. The summed E-state index contributed by atoms with van der Waals surface area (Å²) in [7, 11) is 0. The van der Waals surface area contributed by atoms with Gasteiger partial charge in [-0.25, -0.2) is 4.98 Å². The highest BCUT2D eigenvalue weighted by Gasteiger charge is 2.24. The minimum Gasteiger partial charge on any atom is -0.350 e. The number of nitro benzene ring substituents is 1. The maximum Gasteiger partial charge on any atom is 0.284 e. The van der Waals surface area contributed by atoms with Gasteiger partial charge < -0.3 is 5.32 Å². The van der Waals surface area contributed by atoms with Crippen LogP contribution in [0.5, 0.6) is 0 Å². The molecular weight excluding hydrogens is 412 g/mol. The van der Waals surface area contributed by atoms with Gasteiger partial charge in [-0.15, -0.1) is 0 Å². The number of carbonyl (C=O) groups excluding carboxylic acids is 1. The van der Waals surface area contributed by atoms with E-state index in [0.717, 1.165) is 36.8 Å². The Morgan fingerprint density at radius 1 is 1.26 bits per heavy atom. The predicted molar refractivity (Wildman–Crippen MR) is 122 cm³/mol. The second-order valence-corrected chi connectivity index (χ2v) is 8.58. The first kappa shape index (κ1) is 21.3. The van der Waals surface area contributed by atoms with Crippen LogP contribution < -0.4 is 5.32 Å². The molecule has 1 aromatic heterocycles. The van der Waals surface area contributed by atoms with Crippen LogP contribution in [0.1, 0.15) is 30.1 Å². The Labute approximate surface area is 185 Å². The third-order valence-electron chi connectivity index (χ3n) is 5.61. The summed E-state index contributed by atoms with van der Waals surface area (Å²) >= 11 is 1.22. The van der Waals surface area contributed by atoms with E-state index in [0.29, 0.717) is 28.1 Å². The molecule has 0 spiro atoms. The molecule has 1 saturated heterocycles. The average Bonchev–Trinajstić information content (AvgIpc) is 3.25. The molecule has 7 nitrogen and oxygen atoms in total. The molecule has 1 unspecified atom stereocenters. The molecule has 0 saturated carbocycles. The quantitative estimate of drug-likeness (QED) is 0.433. The van der Waals surface area contributed by atoms with Crippen LogP contribution in [0.25, 0.3) is 10.9 Å². The number of likely N-dealkylation sites (tertiary alicyclic amines) is 1. The minimum absolute atomic E-state index is 0.0938. The van der Waals surface area contributed by atoms with Gasteiger partial charge >= 0.3 is 0 Å². The molecule has 1 aliphatic rings. The highest BCUT2D eigenvalue weighted by atomic mass is 32.2. The summed E-state index contributed by atoms with van der Waals surface area (Å²) < 4.78 is 0. The molecule has 1 amide bonds. The number of nitro groups is 1. The summed E-state index contributed by atoms with van der Waals surface area (Å²) in [6, 6.07) is 16.5. The first-order chi connectivity index (χ1) is 15.0. The van der Waals surface area contributed by atoms with Gasteiger partial charge in [-0.3, -0.25) is 19.8 Å². The van der Waals surface area contributed by atoms with E-state index in [1.165, 1.54) is 17.8 Å². The van der Waals surface area contributed by atoms with Crippen molar-refractivity contribution in [3.05, 3.63) is 70.3 Å². The Morgan fingerprint density at radius 2 is 2.10 bits per heavy atom. The zero-order chi connectivity index (χ0) is 21.8. The number of amides is 1. The average molecular weight is 437 g/mol. The van der Waals surface area contributed by atoms with E-state index in [4.69, 9.17) is 0 Å². The molecule has 3 aromatic rings. The third kappa shape index (κ3) is 4.86. The lowest BCUT2D eigenvalue weighted by Gasteiger charge is -2.22. The Morgan fingerprint density at radius 3 is 2.90 bits per heavy atom. The van der Waals surface area contributed by atoms with Crippen LogP contribution in [0.2, 0.25) is 0 Å². The van der Waals surface area contributed by atoms with Crippen molar-refractivity contribution in [3.63, 3.8) is 0 Å². The van der Waals surface area contributed by atoms with Crippen molar-refractivity contribution in [1.29, 1.82) is 0 Å². The van der Waals surface area contributed by atoms with Crippen LogP contribution in [-0.2, 0) is 0 Å². The third-order valence-corrected chi connectivity index (χ3v) is 6.61. The van der Waals surface area contributed by atoms with Crippen LogP contribution in [0.15, 0.2) is 64.5 Å². The molecule has 160 valence electrons. The van der Waals surface area contributed by atoms with Crippen molar-refractivity contribution in [2.45, 2.75) is 35.7 Å². The Kier molecular flexibility index (Phi) is 6.48. The number of benzene rings is 2. The summed E-state index contributed by atoms with van der Waals surface area (Å²) in [6.07, 6.45) is 2.19. The fourth-order valence-corrected chi connectivity index (χ4v) is 4.84. The van der Waals surface area contributed by atoms with Gasteiger partial charge in [0, 0.05) is 29.6 Å². The number of pyridine rings is 1. The lowest BCUT2D eigenvalue weighted by Crippen LogP contribution is -2.40. The Bertz CT molecular complexity index is 1120. The van der Waals surface area contributed by atoms with Gasteiger partial charge in [-0.1, -0.05) is 43.0 Å². The molecule has 1 atom stereocenters. The minimum atomic E-state index is -0.448. The van der Waals surface area contributed by atoms with Crippen LogP contribution in [0.3, 0.4) is 0 Å². The molecule has 0 radical (unpaired) electrons. The van der Waals surface area contributed by atoms with Crippen LogP contribution >= 0.6 is 11.8 Å². The number of nitrogens with zero attached hydrogens (tertiary/aromatic N) is 3. The maximum atomic E-state index is 12.6. The fraction of sp³-hybridized carbons (Fsp3) is 0.304. The van der Waals surface area contributed by atoms with Crippen molar-refractivity contribution in [1.82, 2.24) is 15.2 Å². The molecule has 8 heteroatoms. The number of fused-ring (bicyclic) bond motifs is 1. The van der Waals surface area contributed by atoms with Crippen molar-refractivity contribution in [2.75, 3.05) is 19.6 Å². The first-order valence-corrected chi connectivity index (χ1v) is 11.2. The van der Waals surface area contributed by atoms with E-state index in [-0.39, 0.29) is 11.6 Å². The van der Waals surface area contributed by atoms with E-state index in [1.807, 2.05) is 36.4 Å². The highest BCUT2D eigenvalue weighted by molar-refractivity contribution is 7.99. The van der Waals surface area contributed by atoms with Gasteiger partial charge in [0.05, 0.1) is 15.3 Å². The molecular formula is C23H24N4O3S. The van der Waals surface area contributed by atoms with Gasteiger partial charge in [0.25, 0.3) is 11.6 Å². The number of hydrogen-bond acceptors (Lipinski definition) is 6. The standard InChI is InChI=1S/C23H24N4O3S/c1-2-26-13-5-7-18(26)15-24-23(28)17-9-11-21(20(14-17)27(29)30)31-22-12-10-16-6-3-4-8-19(16)25-22/h3-4,6,8-12,14,18H,2,5,7,13,15H2,1H3,(H,24,28). The van der Waals surface area contributed by atoms with Gasteiger partial charge in [0.2, 0.25) is 0 Å². The second kappa shape index (κ2) is 9.45. The van der Waals surface area contributed by atoms with Crippen LogP contribution in [0, 0.1) is 10.1 Å². The number of carbonyl (C=O) groups is 1. The van der Waals surface area contributed by atoms with E-state index >= 15 is 0 Å². The summed E-state index contributed by atoms with van der Waals surface area (Å²) in [4.78, 5) is 31.2. The molecule has 4 rings (SSSR count). The number of nitrogens with one attached hydrogen (secondary N) is 1. The van der Waals surface area contributed by atoms with Gasteiger partial charge in [-0.2, -0.15) is 0 Å². The van der Waals surface area contributed by atoms with Crippen molar-refractivity contribution < 1.29 is 9.72 Å². The molecule has 1 fully saturated rings. The Balaban J connectivity index is 1.50. The van der Waals surface area contributed by atoms with Crippen LogP contribution in [-0.4, -0.2) is 46.4 Å². The van der Waals surface area contributed by atoms with E-state index < -0.39 is 4.92 Å². The number of aromatic nitrogens is 1. The van der Waals surface area contributed by atoms with Gasteiger partial charge in [-0.05, 0) is 50.2 Å². The van der Waals surface area contributed by atoms with E-state index in [2.05, 4.69) is 22.1 Å². The van der Waals surface area contributed by atoms with E-state index in [1.54, 1.807) is 12.1 Å². The van der Waals surface area contributed by atoms with E-state index in [9.17, 15) is 14.9 Å². The fourth-order valence-electron chi connectivity index (χ4n) is 3.96. The summed E-state index contributed by atoms with van der Waals surface area (Å²) in [5.41, 5.74) is 1.03. The van der Waals surface area contributed by atoms with Crippen molar-refractivity contribution >= 4 is 34.3 Å². The molecule has 2 aromatic carbocycles. The largest absolute Gasteiger partial charge is 0.350 e. The summed E-state index contributed by atoms with van der Waals surface area (Å²) in [6.45, 7) is 4.68. The smallest absolute Gasteiger partial charge is 0.284 e. The summed E-state index contributed by atoms with van der Waals surface area (Å²) in [5, 5.41) is 16.3. The Hall–Kier alpha value is -2.97. The molecule has 31 heavy (non-hydrogen) atoms. The molecule has 2 heterocycles. The molecule has 1 aliphatic heterocycles. The lowest BCUT2D eigenvalue weighted by molar-refractivity contribution is -0.387. The zero-order valence-corrected chi connectivity index (χ0v) is 18.1. The second-order valence-electron chi connectivity index (χ2n) is 7.52. The lowest BCUT2D eigenvalue weighted by atomic mass is 10.1. The number of para-hydroxylation sites is 1. The van der Waals surface area contributed by atoms with Crippen molar-refractivity contribution in [3.8, 4) is 0 Å². The maximum absolute atomic E-state index is 12.6. The van der Waals surface area contributed by atoms with Crippen molar-refractivity contribution in [2.24, 2.45) is 0 Å². The van der Waals surface area contributed by atoms with Gasteiger partial charge in [0.1, 0.15) is 5.03 Å². The number of likely N-dealkylation sites (N-methyl/N-ethyl adjacent to an activating group) is 1. The monoisotopic (exact) mass is 436 g/mol. The molecule has 0 aliphatic carbocycles. The van der Waals surface area contributed by atoms with Crippen LogP contribution in [0.4, 0.5) is 5.69 Å². The highest BCUT2D eigenvalue weighted by Crippen LogP contribution is 2.35. The number of rotatable bonds is 7. The normalized spacial score (nSPS) is 16.5. The SMILES string of the molecule is CCN1CCCC1CNC(=O)c1ccc(Sc2ccc3ccccc3n2)c([N+](=O)[O-])c1. The molecule has 0 bridgehead atoms. The predicted octanol–water partition coefficient (Wildman–Crippen LogP) is 4.51. The molecule has 1 N–H and O–H groups in total. The number of hydrogen-bond donors (Lipinski definition) is 1.